The molecule has 2 aromatic heterocycles. The molecule has 1 fully saturated rings. The van der Waals surface area contributed by atoms with E-state index in [2.05, 4.69) is 20.5 Å². The van der Waals surface area contributed by atoms with E-state index in [4.69, 9.17) is 0 Å². The minimum atomic E-state index is -1.80. The predicted molar refractivity (Wildman–Crippen MR) is 99.6 cm³/mol. The second kappa shape index (κ2) is 7.94. The van der Waals surface area contributed by atoms with Gasteiger partial charge in [-0.15, -0.1) is 10.2 Å². The van der Waals surface area contributed by atoms with Gasteiger partial charge in [-0.2, -0.15) is 0 Å². The number of carbonyl (C=O) groups is 2. The summed E-state index contributed by atoms with van der Waals surface area (Å²) in [4.78, 5) is 27.3. The number of hydrogen-bond acceptors (Lipinski definition) is 5. The van der Waals surface area contributed by atoms with Gasteiger partial charge in [-0.3, -0.25) is 9.59 Å². The van der Waals surface area contributed by atoms with Crippen molar-refractivity contribution < 1.29 is 22.8 Å². The van der Waals surface area contributed by atoms with Crippen molar-refractivity contribution in [1.29, 1.82) is 0 Å². The van der Waals surface area contributed by atoms with E-state index in [1.807, 2.05) is 0 Å². The zero-order valence-corrected chi connectivity index (χ0v) is 16.0. The molecule has 29 heavy (non-hydrogen) atoms. The van der Waals surface area contributed by atoms with Crippen molar-refractivity contribution in [3.63, 3.8) is 0 Å². The summed E-state index contributed by atoms with van der Waals surface area (Å²) in [6.07, 6.45) is 2.68. The van der Waals surface area contributed by atoms with Crippen LogP contribution in [-0.2, 0) is 6.54 Å². The molecule has 0 bridgehead atoms. The SMILES string of the molecule is O=C(C1=C(F)CC(F)C=C1F)c1c[nH]c(C(=O)NCc2nnc(C3CCC3)s2)c1. The second-order valence-corrected chi connectivity index (χ2v) is 8.08. The van der Waals surface area contributed by atoms with Gasteiger partial charge in [0.05, 0.1) is 12.1 Å². The molecular formula is C19H17F3N4O2S. The number of nitrogens with zero attached hydrogens (tertiary/aromatic N) is 2. The first-order chi connectivity index (χ1) is 13.9. The van der Waals surface area contributed by atoms with Crippen LogP contribution >= 0.6 is 11.3 Å². The van der Waals surface area contributed by atoms with Gasteiger partial charge in [0.1, 0.15) is 33.5 Å². The van der Waals surface area contributed by atoms with Crippen LogP contribution in [0.3, 0.4) is 0 Å². The molecular weight excluding hydrogens is 405 g/mol. The van der Waals surface area contributed by atoms with Crippen molar-refractivity contribution in [2.24, 2.45) is 0 Å². The number of aromatic nitrogens is 3. The number of aromatic amines is 1. The van der Waals surface area contributed by atoms with Crippen molar-refractivity contribution in [2.45, 2.75) is 44.3 Å². The highest BCUT2D eigenvalue weighted by Gasteiger charge is 2.29. The van der Waals surface area contributed by atoms with Crippen LogP contribution in [0.4, 0.5) is 13.2 Å². The average Bonchev–Trinajstić information content (AvgIpc) is 3.27. The zero-order valence-electron chi connectivity index (χ0n) is 15.2. The molecule has 1 saturated carbocycles. The minimum Gasteiger partial charge on any atom is -0.356 e. The van der Waals surface area contributed by atoms with E-state index in [9.17, 15) is 22.8 Å². The number of alkyl halides is 1. The third-order valence-electron chi connectivity index (χ3n) is 4.97. The summed E-state index contributed by atoms with van der Waals surface area (Å²) >= 11 is 1.46. The van der Waals surface area contributed by atoms with Crippen LogP contribution in [0.2, 0.25) is 0 Å². The Morgan fingerprint density at radius 3 is 2.76 bits per heavy atom. The summed E-state index contributed by atoms with van der Waals surface area (Å²) in [5.41, 5.74) is -0.840. The van der Waals surface area contributed by atoms with E-state index in [1.165, 1.54) is 30.0 Å². The standard InChI is InChI=1S/C19H17F3N4O2S/c20-11-5-12(21)16(13(22)6-11)17(27)10-4-14(23-7-10)18(28)24-8-15-25-26-19(29-15)9-2-1-3-9/h4-5,7,9,11,23H,1-3,6,8H2,(H,24,28). The minimum absolute atomic E-state index is 0.0571. The molecule has 0 saturated heterocycles. The highest BCUT2D eigenvalue weighted by atomic mass is 32.1. The molecule has 4 rings (SSSR count). The van der Waals surface area contributed by atoms with Gasteiger partial charge in [0.25, 0.3) is 5.91 Å². The molecule has 10 heteroatoms. The van der Waals surface area contributed by atoms with Crippen LogP contribution in [0.15, 0.2) is 35.6 Å². The lowest BCUT2D eigenvalue weighted by atomic mass is 9.86. The van der Waals surface area contributed by atoms with Gasteiger partial charge in [-0.1, -0.05) is 17.8 Å². The Balaban J connectivity index is 1.40. The molecule has 0 aliphatic heterocycles. The molecule has 1 atom stereocenters. The third kappa shape index (κ3) is 4.02. The maximum Gasteiger partial charge on any atom is 0.268 e. The Kier molecular flexibility index (Phi) is 5.35. The zero-order chi connectivity index (χ0) is 20.5. The lowest BCUT2D eigenvalue weighted by molar-refractivity contribution is 0.0946. The van der Waals surface area contributed by atoms with Gasteiger partial charge < -0.3 is 10.3 Å². The number of halogens is 3. The van der Waals surface area contributed by atoms with Crippen molar-refractivity contribution in [2.75, 3.05) is 0 Å². The van der Waals surface area contributed by atoms with Gasteiger partial charge >= 0.3 is 0 Å². The van der Waals surface area contributed by atoms with Crippen LogP contribution < -0.4 is 5.32 Å². The first-order valence-electron chi connectivity index (χ1n) is 9.16. The molecule has 2 N–H and O–H groups in total. The molecule has 6 nitrogen and oxygen atoms in total. The number of Topliss-reactive ketones (excluding diaryl/α,β-unsaturated/α-hetero) is 1. The van der Waals surface area contributed by atoms with Crippen LogP contribution in [-0.4, -0.2) is 33.0 Å². The Bertz CT molecular complexity index is 1020. The molecule has 152 valence electrons. The maximum absolute atomic E-state index is 13.9. The van der Waals surface area contributed by atoms with Crippen LogP contribution in [0, 0.1) is 0 Å². The van der Waals surface area contributed by atoms with Crippen LogP contribution in [0.5, 0.6) is 0 Å². The number of nitrogens with one attached hydrogen (secondary N) is 2. The molecule has 0 radical (unpaired) electrons. The van der Waals surface area contributed by atoms with E-state index in [-0.39, 0.29) is 17.8 Å². The van der Waals surface area contributed by atoms with Crippen molar-refractivity contribution in [1.82, 2.24) is 20.5 Å². The van der Waals surface area contributed by atoms with E-state index in [1.54, 1.807) is 0 Å². The lowest BCUT2D eigenvalue weighted by Crippen LogP contribution is -2.23. The third-order valence-corrected chi connectivity index (χ3v) is 6.05. The molecule has 2 aliphatic carbocycles. The fourth-order valence-corrected chi connectivity index (χ4v) is 4.10. The van der Waals surface area contributed by atoms with E-state index in [0.717, 1.165) is 17.8 Å². The van der Waals surface area contributed by atoms with Crippen molar-refractivity contribution in [3.05, 3.63) is 56.8 Å². The fourth-order valence-electron chi connectivity index (χ4n) is 3.15. The summed E-state index contributed by atoms with van der Waals surface area (Å²) < 4.78 is 40.9. The number of allylic oxidation sites excluding steroid dienone is 4. The van der Waals surface area contributed by atoms with Crippen LogP contribution in [0.1, 0.15) is 62.5 Å². The monoisotopic (exact) mass is 422 g/mol. The van der Waals surface area contributed by atoms with E-state index in [0.29, 0.717) is 17.0 Å². The number of ketones is 1. The Morgan fingerprint density at radius 1 is 1.28 bits per heavy atom. The van der Waals surface area contributed by atoms with Crippen molar-refractivity contribution >= 4 is 23.0 Å². The second-order valence-electron chi connectivity index (χ2n) is 6.99. The molecule has 2 aromatic rings. The first-order valence-corrected chi connectivity index (χ1v) is 9.98. The van der Waals surface area contributed by atoms with Gasteiger partial charge in [-0.05, 0) is 25.0 Å². The smallest absolute Gasteiger partial charge is 0.268 e. The maximum atomic E-state index is 13.9. The molecule has 0 spiro atoms. The summed E-state index contributed by atoms with van der Waals surface area (Å²) in [6, 6.07) is 1.20. The summed E-state index contributed by atoms with van der Waals surface area (Å²) in [7, 11) is 0. The summed E-state index contributed by atoms with van der Waals surface area (Å²) in [6.45, 7) is 0.181. The topological polar surface area (TPSA) is 87.7 Å². The van der Waals surface area contributed by atoms with Gasteiger partial charge in [-0.25, -0.2) is 13.2 Å². The predicted octanol–water partition coefficient (Wildman–Crippen LogP) is 4.07. The summed E-state index contributed by atoms with van der Waals surface area (Å²) in [5, 5.41) is 12.5. The normalized spacial score (nSPS) is 19.7. The summed E-state index contributed by atoms with van der Waals surface area (Å²) in [5.74, 6) is -3.37. The number of hydrogen-bond donors (Lipinski definition) is 2. The number of H-pyrrole nitrogens is 1. The Hall–Kier alpha value is -2.75. The molecule has 1 unspecified atom stereocenters. The van der Waals surface area contributed by atoms with Gasteiger partial charge in [0.2, 0.25) is 0 Å². The molecule has 0 aromatic carbocycles. The highest BCUT2D eigenvalue weighted by molar-refractivity contribution is 7.11. The van der Waals surface area contributed by atoms with E-state index < -0.39 is 41.5 Å². The largest absolute Gasteiger partial charge is 0.356 e. The average molecular weight is 422 g/mol. The molecule has 2 heterocycles. The van der Waals surface area contributed by atoms with Gasteiger partial charge in [0, 0.05) is 24.1 Å². The quantitative estimate of drug-likeness (QED) is 0.687. The fraction of sp³-hybridized carbons (Fsp3) is 0.368. The molecule has 1 amide bonds. The first kappa shape index (κ1) is 19.6. The molecule has 2 aliphatic rings. The number of amides is 1. The number of rotatable bonds is 6. The highest BCUT2D eigenvalue weighted by Crippen LogP contribution is 2.37. The Morgan fingerprint density at radius 2 is 2.07 bits per heavy atom. The van der Waals surface area contributed by atoms with Crippen molar-refractivity contribution in [3.8, 4) is 0 Å². The Labute approximate surface area is 167 Å². The van der Waals surface area contributed by atoms with Gasteiger partial charge in [0.15, 0.2) is 5.78 Å². The van der Waals surface area contributed by atoms with Crippen LogP contribution in [0.25, 0.3) is 0 Å². The lowest BCUT2D eigenvalue weighted by Gasteiger charge is -2.21. The number of carbonyl (C=O) groups excluding carboxylic acids is 2. The van der Waals surface area contributed by atoms with E-state index >= 15 is 0 Å².